The third-order valence-electron chi connectivity index (χ3n) is 3.74. The van der Waals surface area contributed by atoms with Crippen LogP contribution in [0.5, 0.6) is 0 Å². The lowest BCUT2D eigenvalue weighted by atomic mass is 10.1. The van der Waals surface area contributed by atoms with Crippen LogP contribution in [0.1, 0.15) is 5.56 Å². The van der Waals surface area contributed by atoms with Crippen molar-refractivity contribution in [1.29, 1.82) is 0 Å². The molecule has 2 heterocycles. The molecule has 4 aromatic rings. The van der Waals surface area contributed by atoms with Gasteiger partial charge < -0.3 is 17.0 Å². The molecular formula is C18H15BrN2. The molecule has 0 saturated heterocycles. The molecule has 0 radical (unpaired) electrons. The van der Waals surface area contributed by atoms with Crippen LogP contribution in [0.4, 0.5) is 0 Å². The van der Waals surface area contributed by atoms with Crippen LogP contribution in [0.2, 0.25) is 0 Å². The number of halogens is 1. The molecule has 21 heavy (non-hydrogen) atoms. The summed E-state index contributed by atoms with van der Waals surface area (Å²) in [7, 11) is 0. The average molecular weight is 339 g/mol. The van der Waals surface area contributed by atoms with Crippen molar-refractivity contribution in [3.63, 3.8) is 0 Å². The van der Waals surface area contributed by atoms with E-state index < -0.39 is 0 Å². The predicted molar refractivity (Wildman–Crippen MR) is 80.6 cm³/mol. The summed E-state index contributed by atoms with van der Waals surface area (Å²) in [6.45, 7) is 0.894. The van der Waals surface area contributed by atoms with Crippen LogP contribution in [-0.4, -0.2) is 4.40 Å². The van der Waals surface area contributed by atoms with Crippen LogP contribution >= 0.6 is 0 Å². The van der Waals surface area contributed by atoms with Gasteiger partial charge in [0.15, 0.2) is 0 Å². The van der Waals surface area contributed by atoms with Crippen molar-refractivity contribution >= 4 is 16.4 Å². The number of nitrogens with zero attached hydrogens (tertiary/aromatic N) is 2. The van der Waals surface area contributed by atoms with Crippen molar-refractivity contribution in [1.82, 2.24) is 4.40 Å². The highest BCUT2D eigenvalue weighted by molar-refractivity contribution is 5.92. The van der Waals surface area contributed by atoms with Gasteiger partial charge in [-0.3, -0.25) is 0 Å². The van der Waals surface area contributed by atoms with Gasteiger partial charge in [0.1, 0.15) is 18.9 Å². The van der Waals surface area contributed by atoms with Crippen LogP contribution in [0, 0.1) is 0 Å². The maximum atomic E-state index is 2.30. The standard InChI is InChI=1S/C18H15N2.BrH/c1-2-6-15(7-3-1)14-20-13-12-19-11-10-16-8-4-5-9-17(16)18(19)20;/h1-13H,14H2;1H/q+1;/p-1. The first kappa shape index (κ1) is 13.8. The van der Waals surface area contributed by atoms with Gasteiger partial charge in [0.25, 0.3) is 5.65 Å². The van der Waals surface area contributed by atoms with E-state index >= 15 is 0 Å². The highest BCUT2D eigenvalue weighted by Gasteiger charge is 2.13. The van der Waals surface area contributed by atoms with Crippen molar-refractivity contribution in [2.45, 2.75) is 6.54 Å². The van der Waals surface area contributed by atoms with E-state index in [1.165, 1.54) is 22.0 Å². The number of aromatic nitrogens is 2. The monoisotopic (exact) mass is 338 g/mol. The van der Waals surface area contributed by atoms with Gasteiger partial charge >= 0.3 is 0 Å². The van der Waals surface area contributed by atoms with Crippen molar-refractivity contribution in [2.24, 2.45) is 0 Å². The quantitative estimate of drug-likeness (QED) is 0.468. The zero-order chi connectivity index (χ0) is 13.4. The number of imidazole rings is 1. The molecule has 4 rings (SSSR count). The van der Waals surface area contributed by atoms with Gasteiger partial charge in [-0.1, -0.05) is 48.5 Å². The Bertz CT molecular complexity index is 881. The lowest BCUT2D eigenvalue weighted by molar-refractivity contribution is -0.661. The molecule has 0 atom stereocenters. The van der Waals surface area contributed by atoms with Gasteiger partial charge in [-0.25, -0.2) is 8.97 Å². The SMILES string of the molecule is [Br-].c1ccc(C[n+]2ccn3ccc4ccccc4c32)cc1. The number of pyridine rings is 1. The van der Waals surface area contributed by atoms with Crippen molar-refractivity contribution in [3.8, 4) is 0 Å². The maximum absolute atomic E-state index is 2.30. The van der Waals surface area contributed by atoms with Gasteiger partial charge in [-0.05, 0) is 23.1 Å². The summed E-state index contributed by atoms with van der Waals surface area (Å²) in [5.74, 6) is 0. The zero-order valence-corrected chi connectivity index (χ0v) is 13.1. The molecule has 0 aliphatic rings. The van der Waals surface area contributed by atoms with Gasteiger partial charge in [0.2, 0.25) is 0 Å². The molecule has 0 bridgehead atoms. The number of fused-ring (bicyclic) bond motifs is 3. The Balaban J connectivity index is 0.00000132. The normalized spacial score (nSPS) is 10.7. The number of benzene rings is 2. The first-order valence-electron chi connectivity index (χ1n) is 6.83. The van der Waals surface area contributed by atoms with Crippen molar-refractivity contribution in [2.75, 3.05) is 0 Å². The Morgan fingerprint density at radius 3 is 2.43 bits per heavy atom. The maximum Gasteiger partial charge on any atom is 0.294 e. The van der Waals surface area contributed by atoms with Crippen molar-refractivity contribution < 1.29 is 21.5 Å². The second-order valence-electron chi connectivity index (χ2n) is 5.05. The topological polar surface area (TPSA) is 8.29 Å². The fourth-order valence-corrected chi connectivity index (χ4v) is 2.77. The van der Waals surface area contributed by atoms with E-state index in [0.29, 0.717) is 0 Å². The van der Waals surface area contributed by atoms with E-state index in [1.807, 2.05) is 0 Å². The van der Waals surface area contributed by atoms with Gasteiger partial charge in [-0.15, -0.1) is 0 Å². The fourth-order valence-electron chi connectivity index (χ4n) is 2.77. The van der Waals surface area contributed by atoms with E-state index in [1.54, 1.807) is 0 Å². The van der Waals surface area contributed by atoms with E-state index in [4.69, 9.17) is 0 Å². The molecule has 0 unspecified atom stereocenters. The van der Waals surface area contributed by atoms with Crippen molar-refractivity contribution in [3.05, 3.63) is 84.8 Å². The molecule has 3 heteroatoms. The van der Waals surface area contributed by atoms with E-state index in [-0.39, 0.29) is 17.0 Å². The highest BCUT2D eigenvalue weighted by atomic mass is 79.9. The predicted octanol–water partition coefficient (Wildman–Crippen LogP) is 0.432. The molecule has 0 spiro atoms. The highest BCUT2D eigenvalue weighted by Crippen LogP contribution is 2.17. The van der Waals surface area contributed by atoms with E-state index in [2.05, 4.69) is 88.2 Å². The summed E-state index contributed by atoms with van der Waals surface area (Å²) in [6, 6.07) is 21.3. The first-order chi connectivity index (χ1) is 9.92. The molecule has 0 amide bonds. The lowest BCUT2D eigenvalue weighted by Crippen LogP contribution is -3.00. The molecule has 2 aromatic carbocycles. The molecule has 0 saturated carbocycles. The second kappa shape index (κ2) is 5.70. The summed E-state index contributed by atoms with van der Waals surface area (Å²) in [5, 5.41) is 2.57. The minimum absolute atomic E-state index is 0. The van der Waals surface area contributed by atoms with Crippen LogP contribution in [0.25, 0.3) is 16.4 Å². The summed E-state index contributed by atoms with van der Waals surface area (Å²) in [6.07, 6.45) is 6.39. The summed E-state index contributed by atoms with van der Waals surface area (Å²) in [4.78, 5) is 0. The van der Waals surface area contributed by atoms with Gasteiger partial charge in [0, 0.05) is 0 Å². The minimum atomic E-state index is 0. The Kier molecular flexibility index (Phi) is 3.76. The van der Waals surface area contributed by atoms with Crippen LogP contribution in [0.15, 0.2) is 79.3 Å². The lowest BCUT2D eigenvalue weighted by Gasteiger charge is -2.01. The Morgan fingerprint density at radius 2 is 1.57 bits per heavy atom. The average Bonchev–Trinajstić information content (AvgIpc) is 2.92. The third kappa shape index (κ3) is 2.45. The molecule has 104 valence electrons. The van der Waals surface area contributed by atoms with Gasteiger partial charge in [0.05, 0.1) is 11.6 Å². The van der Waals surface area contributed by atoms with E-state index in [0.717, 1.165) is 6.54 Å². The Hall–Kier alpha value is -2.13. The Morgan fingerprint density at radius 1 is 0.810 bits per heavy atom. The molecule has 2 nitrogen and oxygen atoms in total. The molecule has 0 aliphatic carbocycles. The molecular weight excluding hydrogens is 324 g/mol. The van der Waals surface area contributed by atoms with Crippen LogP contribution in [-0.2, 0) is 6.54 Å². The smallest absolute Gasteiger partial charge is 0.294 e. The van der Waals surface area contributed by atoms with E-state index in [9.17, 15) is 0 Å². The molecule has 0 N–H and O–H groups in total. The summed E-state index contributed by atoms with van der Waals surface area (Å²) >= 11 is 0. The number of hydrogen-bond donors (Lipinski definition) is 0. The first-order valence-corrected chi connectivity index (χ1v) is 6.83. The summed E-state index contributed by atoms with van der Waals surface area (Å²) in [5.41, 5.74) is 2.56. The molecule has 0 aliphatic heterocycles. The van der Waals surface area contributed by atoms with Crippen LogP contribution in [0.3, 0.4) is 0 Å². The Labute approximate surface area is 134 Å². The minimum Gasteiger partial charge on any atom is -1.00 e. The summed E-state index contributed by atoms with van der Waals surface area (Å²) < 4.78 is 4.49. The fraction of sp³-hybridized carbons (Fsp3) is 0.0556. The third-order valence-corrected chi connectivity index (χ3v) is 3.74. The van der Waals surface area contributed by atoms with Gasteiger partial charge in [-0.2, -0.15) is 0 Å². The largest absolute Gasteiger partial charge is 1.00 e. The zero-order valence-electron chi connectivity index (χ0n) is 11.5. The number of rotatable bonds is 2. The second-order valence-corrected chi connectivity index (χ2v) is 5.05. The number of hydrogen-bond acceptors (Lipinski definition) is 0. The van der Waals surface area contributed by atoms with Crippen LogP contribution < -0.4 is 21.5 Å². The molecule has 2 aromatic heterocycles. The molecule has 0 fully saturated rings.